The third-order valence-electron chi connectivity index (χ3n) is 6.21. The highest BCUT2D eigenvalue weighted by atomic mass is 32.2. The number of pyridine rings is 1. The lowest BCUT2D eigenvalue weighted by atomic mass is 10.1. The van der Waals surface area contributed by atoms with E-state index < -0.39 is 28.5 Å². The molecule has 1 aromatic carbocycles. The van der Waals surface area contributed by atoms with Crippen molar-refractivity contribution in [3.05, 3.63) is 54.7 Å². The van der Waals surface area contributed by atoms with Crippen molar-refractivity contribution in [3.8, 4) is 0 Å². The van der Waals surface area contributed by atoms with Crippen molar-refractivity contribution >= 4 is 26.5 Å². The molecule has 0 aliphatic carbocycles. The minimum absolute atomic E-state index is 0.0865. The lowest BCUT2D eigenvalue weighted by Crippen LogP contribution is -2.36. The highest BCUT2D eigenvalue weighted by Crippen LogP contribution is 2.31. The molecule has 3 heterocycles. The zero-order valence-electron chi connectivity index (χ0n) is 19.4. The molecule has 3 aromatic rings. The second-order valence-electron chi connectivity index (χ2n) is 8.96. The standard InChI is InChI=1S/C24H29F3N4O3S/c1-17(13-24(25,26)27)14-29-20-6-7-23(18-8-9-28-15-19(18)20)35(32,33)30-16-21(22-5-4-12-34-22)31-10-2-3-11-31/h4-9,12,15,17,21,29-30H,2-3,10-11,13-14,16H2,1H3. The van der Waals surface area contributed by atoms with Gasteiger partial charge in [-0.05, 0) is 62.2 Å². The van der Waals surface area contributed by atoms with Gasteiger partial charge in [-0.2, -0.15) is 13.2 Å². The number of benzene rings is 1. The van der Waals surface area contributed by atoms with E-state index in [-0.39, 0.29) is 24.0 Å². The molecule has 1 saturated heterocycles. The number of aromatic nitrogens is 1. The van der Waals surface area contributed by atoms with E-state index >= 15 is 0 Å². The number of rotatable bonds is 10. The number of nitrogens with zero attached hydrogens (tertiary/aromatic N) is 2. The normalized spacial score (nSPS) is 17.0. The quantitative estimate of drug-likeness (QED) is 0.402. The second-order valence-corrected chi connectivity index (χ2v) is 10.7. The van der Waals surface area contributed by atoms with Crippen molar-refractivity contribution in [1.82, 2.24) is 14.6 Å². The van der Waals surface area contributed by atoms with Gasteiger partial charge in [0.25, 0.3) is 0 Å². The van der Waals surface area contributed by atoms with E-state index in [2.05, 4.69) is 19.9 Å². The molecule has 35 heavy (non-hydrogen) atoms. The molecule has 11 heteroatoms. The Bertz CT molecular complexity index is 1230. The van der Waals surface area contributed by atoms with Gasteiger partial charge in [0, 0.05) is 48.4 Å². The van der Waals surface area contributed by atoms with Crippen LogP contribution in [-0.4, -0.2) is 50.7 Å². The molecule has 2 aromatic heterocycles. The van der Waals surface area contributed by atoms with E-state index in [0.717, 1.165) is 25.9 Å². The van der Waals surface area contributed by atoms with Crippen LogP contribution in [0.2, 0.25) is 0 Å². The Hall–Kier alpha value is -2.63. The maximum Gasteiger partial charge on any atom is 0.389 e. The highest BCUT2D eigenvalue weighted by Gasteiger charge is 2.30. The van der Waals surface area contributed by atoms with E-state index in [0.29, 0.717) is 22.2 Å². The predicted octanol–water partition coefficient (Wildman–Crippen LogP) is 4.94. The number of alkyl halides is 3. The number of likely N-dealkylation sites (tertiary alicyclic amines) is 1. The summed E-state index contributed by atoms with van der Waals surface area (Å²) in [6, 6.07) is 8.06. The molecule has 2 unspecified atom stereocenters. The van der Waals surface area contributed by atoms with E-state index in [9.17, 15) is 21.6 Å². The van der Waals surface area contributed by atoms with Crippen molar-refractivity contribution in [2.75, 3.05) is 31.5 Å². The molecule has 0 saturated carbocycles. The van der Waals surface area contributed by atoms with Crippen molar-refractivity contribution < 1.29 is 26.0 Å². The molecule has 4 rings (SSSR count). The number of hydrogen-bond acceptors (Lipinski definition) is 6. The van der Waals surface area contributed by atoms with Crippen molar-refractivity contribution in [3.63, 3.8) is 0 Å². The zero-order valence-corrected chi connectivity index (χ0v) is 20.2. The van der Waals surface area contributed by atoms with Gasteiger partial charge in [0.1, 0.15) is 5.76 Å². The Labute approximate surface area is 202 Å². The van der Waals surface area contributed by atoms with Gasteiger partial charge in [-0.1, -0.05) is 6.92 Å². The van der Waals surface area contributed by atoms with E-state index in [1.807, 2.05) is 6.07 Å². The summed E-state index contributed by atoms with van der Waals surface area (Å²) in [7, 11) is -3.90. The minimum atomic E-state index is -4.24. The minimum Gasteiger partial charge on any atom is -0.468 e. The van der Waals surface area contributed by atoms with Crippen LogP contribution in [0.1, 0.15) is 38.0 Å². The van der Waals surface area contributed by atoms with Crippen molar-refractivity contribution in [1.29, 1.82) is 0 Å². The molecular formula is C24H29F3N4O3S. The van der Waals surface area contributed by atoms with E-state index in [1.54, 1.807) is 24.5 Å². The van der Waals surface area contributed by atoms with Crippen LogP contribution in [0.3, 0.4) is 0 Å². The van der Waals surface area contributed by atoms with Crippen LogP contribution in [0, 0.1) is 5.92 Å². The van der Waals surface area contributed by atoms with Crippen LogP contribution in [0.4, 0.5) is 18.9 Å². The first kappa shape index (κ1) is 25.5. The Kier molecular flexibility index (Phi) is 7.67. The number of hydrogen-bond donors (Lipinski definition) is 2. The lowest BCUT2D eigenvalue weighted by molar-refractivity contribution is -0.142. The average Bonchev–Trinajstić information content (AvgIpc) is 3.51. The van der Waals surface area contributed by atoms with Crippen molar-refractivity contribution in [2.45, 2.75) is 43.3 Å². The monoisotopic (exact) mass is 510 g/mol. The van der Waals surface area contributed by atoms with Gasteiger partial charge < -0.3 is 9.73 Å². The molecule has 0 spiro atoms. The van der Waals surface area contributed by atoms with Crippen LogP contribution < -0.4 is 10.0 Å². The van der Waals surface area contributed by atoms with Gasteiger partial charge in [0.15, 0.2) is 0 Å². The number of furan rings is 1. The number of anilines is 1. The number of fused-ring (bicyclic) bond motifs is 1. The fourth-order valence-electron chi connectivity index (χ4n) is 4.51. The molecule has 190 valence electrons. The Morgan fingerprint density at radius 3 is 2.57 bits per heavy atom. The first-order valence-corrected chi connectivity index (χ1v) is 13.1. The molecule has 7 nitrogen and oxygen atoms in total. The molecule has 0 bridgehead atoms. The fraction of sp³-hybridized carbons (Fsp3) is 0.458. The Morgan fingerprint density at radius 2 is 1.89 bits per heavy atom. The maximum atomic E-state index is 13.3. The SMILES string of the molecule is CC(CNc1ccc(S(=O)(=O)NCC(c2ccco2)N2CCCC2)c2ccncc12)CC(F)(F)F. The number of nitrogens with one attached hydrogen (secondary N) is 2. The van der Waals surface area contributed by atoms with Crippen molar-refractivity contribution in [2.24, 2.45) is 5.92 Å². The van der Waals surface area contributed by atoms with Gasteiger partial charge in [0.2, 0.25) is 10.0 Å². The highest BCUT2D eigenvalue weighted by molar-refractivity contribution is 7.89. The predicted molar refractivity (Wildman–Crippen MR) is 128 cm³/mol. The number of sulfonamides is 1. The van der Waals surface area contributed by atoms with Gasteiger partial charge in [-0.3, -0.25) is 9.88 Å². The molecule has 2 atom stereocenters. The zero-order chi connectivity index (χ0) is 25.1. The maximum absolute atomic E-state index is 13.3. The summed E-state index contributed by atoms with van der Waals surface area (Å²) in [6.45, 7) is 3.50. The molecule has 1 aliphatic heterocycles. The van der Waals surface area contributed by atoms with Crippen LogP contribution in [0.25, 0.3) is 10.8 Å². The van der Waals surface area contributed by atoms with Crippen LogP contribution in [0.15, 0.2) is 58.3 Å². The molecule has 1 aliphatic rings. The van der Waals surface area contributed by atoms with E-state index in [1.165, 1.54) is 25.4 Å². The lowest BCUT2D eigenvalue weighted by Gasteiger charge is -2.26. The fourth-order valence-corrected chi connectivity index (χ4v) is 5.76. The topological polar surface area (TPSA) is 87.5 Å². The Morgan fingerprint density at radius 1 is 1.11 bits per heavy atom. The van der Waals surface area contributed by atoms with Crippen LogP contribution in [0.5, 0.6) is 0 Å². The molecular weight excluding hydrogens is 481 g/mol. The van der Waals surface area contributed by atoms with Crippen LogP contribution >= 0.6 is 0 Å². The first-order valence-electron chi connectivity index (χ1n) is 11.6. The van der Waals surface area contributed by atoms with Gasteiger partial charge in [-0.15, -0.1) is 0 Å². The van der Waals surface area contributed by atoms with Gasteiger partial charge in [0.05, 0.1) is 17.2 Å². The third kappa shape index (κ3) is 6.33. The number of halogens is 3. The second kappa shape index (κ2) is 10.5. The Balaban J connectivity index is 1.54. The molecule has 1 fully saturated rings. The summed E-state index contributed by atoms with van der Waals surface area (Å²) in [5, 5.41) is 3.99. The molecule has 2 N–H and O–H groups in total. The largest absolute Gasteiger partial charge is 0.468 e. The summed E-state index contributed by atoms with van der Waals surface area (Å²) >= 11 is 0. The first-order chi connectivity index (χ1) is 16.6. The average molecular weight is 511 g/mol. The van der Waals surface area contributed by atoms with E-state index in [4.69, 9.17) is 4.42 Å². The summed E-state index contributed by atoms with van der Waals surface area (Å²) in [6.07, 6.45) is 1.55. The van der Waals surface area contributed by atoms with Gasteiger partial charge >= 0.3 is 6.18 Å². The molecule has 0 amide bonds. The molecule has 0 radical (unpaired) electrons. The van der Waals surface area contributed by atoms with Gasteiger partial charge in [-0.25, -0.2) is 13.1 Å². The summed E-state index contributed by atoms with van der Waals surface area (Å²) in [5.74, 6) is 0.0621. The van der Waals surface area contributed by atoms with Crippen LogP contribution in [-0.2, 0) is 10.0 Å². The summed E-state index contributed by atoms with van der Waals surface area (Å²) in [4.78, 5) is 6.38. The third-order valence-corrected chi connectivity index (χ3v) is 7.69. The summed E-state index contributed by atoms with van der Waals surface area (Å²) < 4.78 is 73.0. The summed E-state index contributed by atoms with van der Waals surface area (Å²) in [5.41, 5.74) is 0.534. The smallest absolute Gasteiger partial charge is 0.389 e.